The van der Waals surface area contributed by atoms with Crippen molar-refractivity contribution in [2.45, 2.75) is 19.3 Å². The van der Waals surface area contributed by atoms with Crippen LogP contribution in [-0.2, 0) is 0 Å². The molecule has 1 N–H and O–H groups in total. The Labute approximate surface area is 156 Å². The number of nitrogens with one attached hydrogen (secondary N) is 1. The molecule has 1 aromatic carbocycles. The molecule has 3 aromatic rings. The summed E-state index contributed by atoms with van der Waals surface area (Å²) in [5.41, 5.74) is 3.83. The Kier molecular flexibility index (Phi) is 4.71. The SMILES string of the molecule is Cc1ccc(-c2ccc3c(c2)OCCC3CNc2cnccc2C=O)s1. The van der Waals surface area contributed by atoms with Crippen LogP contribution in [0, 0.1) is 6.92 Å². The van der Waals surface area contributed by atoms with E-state index in [2.05, 4.69) is 47.6 Å². The molecule has 3 heterocycles. The first-order valence-electron chi connectivity index (χ1n) is 8.71. The van der Waals surface area contributed by atoms with E-state index in [-0.39, 0.29) is 0 Å². The van der Waals surface area contributed by atoms with Gasteiger partial charge in [-0.2, -0.15) is 0 Å². The predicted octanol–water partition coefficient (Wildman–Crippen LogP) is 4.91. The maximum atomic E-state index is 11.2. The average molecular weight is 364 g/mol. The highest BCUT2D eigenvalue weighted by atomic mass is 32.1. The largest absolute Gasteiger partial charge is 0.493 e. The number of carbonyl (C=O) groups is 1. The summed E-state index contributed by atoms with van der Waals surface area (Å²) in [6, 6.07) is 12.5. The van der Waals surface area contributed by atoms with Crippen molar-refractivity contribution in [1.29, 1.82) is 0 Å². The minimum atomic E-state index is 0.345. The van der Waals surface area contributed by atoms with Gasteiger partial charge in [-0.05, 0) is 48.7 Å². The Bertz CT molecular complexity index is 935. The number of aryl methyl sites for hydroxylation is 1. The van der Waals surface area contributed by atoms with E-state index >= 15 is 0 Å². The summed E-state index contributed by atoms with van der Waals surface area (Å²) in [6.45, 7) is 3.58. The number of hydrogen-bond acceptors (Lipinski definition) is 5. The van der Waals surface area contributed by atoms with Gasteiger partial charge in [0.15, 0.2) is 6.29 Å². The molecule has 1 aliphatic rings. The summed E-state index contributed by atoms with van der Waals surface area (Å²) < 4.78 is 5.93. The van der Waals surface area contributed by atoms with Crippen molar-refractivity contribution in [3.05, 3.63) is 64.8 Å². The van der Waals surface area contributed by atoms with E-state index in [4.69, 9.17) is 4.74 Å². The third-order valence-corrected chi connectivity index (χ3v) is 5.77. The summed E-state index contributed by atoms with van der Waals surface area (Å²) in [7, 11) is 0. The molecule has 0 aliphatic carbocycles. The van der Waals surface area contributed by atoms with E-state index in [1.165, 1.54) is 20.9 Å². The number of thiophene rings is 1. The zero-order valence-corrected chi connectivity index (χ0v) is 15.4. The number of nitrogens with zero attached hydrogens (tertiary/aromatic N) is 1. The lowest BCUT2D eigenvalue weighted by Gasteiger charge is -2.27. The number of benzene rings is 1. The zero-order valence-electron chi connectivity index (χ0n) is 14.6. The molecule has 132 valence electrons. The Hall–Kier alpha value is -2.66. The van der Waals surface area contributed by atoms with Crippen molar-refractivity contribution < 1.29 is 9.53 Å². The fourth-order valence-electron chi connectivity index (χ4n) is 3.31. The molecule has 4 nitrogen and oxygen atoms in total. The fourth-order valence-corrected chi connectivity index (χ4v) is 4.17. The molecule has 1 unspecified atom stereocenters. The van der Waals surface area contributed by atoms with Crippen LogP contribution in [0.2, 0.25) is 0 Å². The third kappa shape index (κ3) is 3.35. The monoisotopic (exact) mass is 364 g/mol. The van der Waals surface area contributed by atoms with Gasteiger partial charge < -0.3 is 10.1 Å². The molecule has 0 bridgehead atoms. The van der Waals surface area contributed by atoms with Gasteiger partial charge in [-0.15, -0.1) is 11.3 Å². The number of carbonyl (C=O) groups excluding carboxylic acids is 1. The van der Waals surface area contributed by atoms with Crippen molar-refractivity contribution >= 4 is 23.3 Å². The summed E-state index contributed by atoms with van der Waals surface area (Å²) >= 11 is 1.80. The number of hydrogen-bond donors (Lipinski definition) is 1. The van der Waals surface area contributed by atoms with E-state index < -0.39 is 0 Å². The van der Waals surface area contributed by atoms with Gasteiger partial charge in [0.2, 0.25) is 0 Å². The first-order chi connectivity index (χ1) is 12.7. The molecule has 1 atom stereocenters. The highest BCUT2D eigenvalue weighted by Crippen LogP contribution is 2.38. The van der Waals surface area contributed by atoms with Gasteiger partial charge in [-0.3, -0.25) is 9.78 Å². The number of rotatable bonds is 5. The number of pyridine rings is 1. The summed E-state index contributed by atoms with van der Waals surface area (Å²) in [5.74, 6) is 1.31. The topological polar surface area (TPSA) is 51.2 Å². The molecule has 0 amide bonds. The van der Waals surface area contributed by atoms with Crippen molar-refractivity contribution in [2.75, 3.05) is 18.5 Å². The maximum Gasteiger partial charge on any atom is 0.152 e. The predicted molar refractivity (Wildman–Crippen MR) is 105 cm³/mol. The van der Waals surface area contributed by atoms with Gasteiger partial charge >= 0.3 is 0 Å². The average Bonchev–Trinajstić information content (AvgIpc) is 3.12. The Morgan fingerprint density at radius 1 is 1.31 bits per heavy atom. The Balaban J connectivity index is 1.54. The molecule has 0 fully saturated rings. The van der Waals surface area contributed by atoms with Crippen molar-refractivity contribution in [3.8, 4) is 16.2 Å². The number of anilines is 1. The van der Waals surface area contributed by atoms with Crippen LogP contribution in [0.25, 0.3) is 10.4 Å². The molecule has 0 saturated heterocycles. The van der Waals surface area contributed by atoms with E-state index in [9.17, 15) is 4.79 Å². The lowest BCUT2D eigenvalue weighted by molar-refractivity contribution is 0.112. The quantitative estimate of drug-likeness (QED) is 0.654. The second-order valence-electron chi connectivity index (χ2n) is 6.46. The second-order valence-corrected chi connectivity index (χ2v) is 7.75. The smallest absolute Gasteiger partial charge is 0.152 e. The van der Waals surface area contributed by atoms with Crippen molar-refractivity contribution in [3.63, 3.8) is 0 Å². The highest BCUT2D eigenvalue weighted by molar-refractivity contribution is 7.15. The molecule has 0 spiro atoms. The standard InChI is InChI=1S/C21H20N2O2S/c1-14-2-5-21(26-14)15-3-4-18-16(7-9-25-20(18)10-15)11-23-19-12-22-8-6-17(19)13-24/h2-6,8,10,12-13,16,23H,7,9,11H2,1H3. The van der Waals surface area contributed by atoms with E-state index in [1.54, 1.807) is 29.8 Å². The highest BCUT2D eigenvalue weighted by Gasteiger charge is 2.22. The van der Waals surface area contributed by atoms with Crippen LogP contribution in [0.15, 0.2) is 48.8 Å². The van der Waals surface area contributed by atoms with Gasteiger partial charge in [-0.1, -0.05) is 12.1 Å². The number of aldehydes is 1. The molecule has 4 rings (SSSR count). The van der Waals surface area contributed by atoms with Crippen LogP contribution in [0.5, 0.6) is 5.75 Å². The van der Waals surface area contributed by atoms with E-state index in [1.807, 2.05) is 0 Å². The zero-order chi connectivity index (χ0) is 17.9. The molecular formula is C21H20N2O2S. The minimum absolute atomic E-state index is 0.345. The van der Waals surface area contributed by atoms with Crippen LogP contribution >= 0.6 is 11.3 Å². The van der Waals surface area contributed by atoms with E-state index in [0.29, 0.717) is 18.1 Å². The van der Waals surface area contributed by atoms with E-state index in [0.717, 1.165) is 30.7 Å². The van der Waals surface area contributed by atoms with Crippen LogP contribution in [-0.4, -0.2) is 24.4 Å². The first-order valence-corrected chi connectivity index (χ1v) is 9.53. The Morgan fingerprint density at radius 2 is 2.23 bits per heavy atom. The lowest BCUT2D eigenvalue weighted by Crippen LogP contribution is -2.21. The third-order valence-electron chi connectivity index (χ3n) is 4.72. The van der Waals surface area contributed by atoms with Crippen LogP contribution in [0.4, 0.5) is 5.69 Å². The summed E-state index contributed by atoms with van der Waals surface area (Å²) in [4.78, 5) is 17.8. The van der Waals surface area contributed by atoms with Gasteiger partial charge in [0.1, 0.15) is 5.75 Å². The lowest BCUT2D eigenvalue weighted by atomic mass is 9.91. The number of ether oxygens (including phenoxy) is 1. The Morgan fingerprint density at radius 3 is 3.04 bits per heavy atom. The minimum Gasteiger partial charge on any atom is -0.493 e. The van der Waals surface area contributed by atoms with Gasteiger partial charge in [0, 0.05) is 34.0 Å². The maximum absolute atomic E-state index is 11.2. The number of aromatic nitrogens is 1. The van der Waals surface area contributed by atoms with Crippen molar-refractivity contribution in [2.24, 2.45) is 0 Å². The number of fused-ring (bicyclic) bond motifs is 1. The van der Waals surface area contributed by atoms with Crippen LogP contribution in [0.3, 0.4) is 0 Å². The molecule has 26 heavy (non-hydrogen) atoms. The van der Waals surface area contributed by atoms with Gasteiger partial charge in [0.25, 0.3) is 0 Å². The summed E-state index contributed by atoms with van der Waals surface area (Å²) in [5, 5.41) is 3.38. The van der Waals surface area contributed by atoms with Gasteiger partial charge in [0.05, 0.1) is 18.5 Å². The van der Waals surface area contributed by atoms with Crippen LogP contribution < -0.4 is 10.1 Å². The van der Waals surface area contributed by atoms with Crippen LogP contribution in [0.1, 0.15) is 33.1 Å². The molecule has 0 saturated carbocycles. The first kappa shape index (κ1) is 16.8. The normalized spacial score (nSPS) is 15.8. The second kappa shape index (κ2) is 7.30. The van der Waals surface area contributed by atoms with Crippen molar-refractivity contribution in [1.82, 2.24) is 4.98 Å². The summed E-state index contributed by atoms with van der Waals surface area (Å²) in [6.07, 6.45) is 5.14. The molecule has 5 heteroatoms. The molecule has 0 radical (unpaired) electrons. The fraction of sp³-hybridized carbons (Fsp3) is 0.238. The molecular weight excluding hydrogens is 344 g/mol. The molecule has 1 aliphatic heterocycles. The van der Waals surface area contributed by atoms with Gasteiger partial charge in [-0.25, -0.2) is 0 Å². The molecule has 2 aromatic heterocycles.